The molecule has 3 N–H and O–H groups in total. The van der Waals surface area contributed by atoms with E-state index in [2.05, 4.69) is 20.9 Å². The summed E-state index contributed by atoms with van der Waals surface area (Å²) < 4.78 is 5.37. The van der Waals surface area contributed by atoms with E-state index in [1.807, 2.05) is 97.1 Å². The van der Waals surface area contributed by atoms with Gasteiger partial charge in [-0.25, -0.2) is 0 Å². The summed E-state index contributed by atoms with van der Waals surface area (Å²) in [6.45, 7) is 0. The van der Waals surface area contributed by atoms with Crippen LogP contribution in [0, 0.1) is 0 Å². The van der Waals surface area contributed by atoms with Crippen molar-refractivity contribution in [2.24, 2.45) is 0 Å². The average Bonchev–Trinajstić information content (AvgIpc) is 2.89. The van der Waals surface area contributed by atoms with Gasteiger partial charge >= 0.3 is 0 Å². The molecule has 35 heavy (non-hydrogen) atoms. The minimum absolute atomic E-state index is 0.182. The minimum atomic E-state index is -0.182. The molecule has 4 aromatic carbocycles. The predicted octanol–water partition coefficient (Wildman–Crippen LogP) is 6.98. The maximum Gasteiger partial charge on any atom is 0.255 e. The Balaban J connectivity index is 1.32. The molecule has 0 atom stereocenters. The highest BCUT2D eigenvalue weighted by atomic mass is 16.5. The lowest BCUT2D eigenvalue weighted by Crippen LogP contribution is -2.12. The van der Waals surface area contributed by atoms with Gasteiger partial charge in [-0.2, -0.15) is 0 Å². The third kappa shape index (κ3) is 5.23. The number of aromatic nitrogens is 1. The molecule has 0 fully saturated rings. The molecule has 1 aromatic heterocycles. The number of amides is 1. The van der Waals surface area contributed by atoms with E-state index in [0.717, 1.165) is 39.4 Å². The van der Waals surface area contributed by atoms with E-state index < -0.39 is 0 Å². The van der Waals surface area contributed by atoms with Crippen LogP contribution >= 0.6 is 0 Å². The van der Waals surface area contributed by atoms with Gasteiger partial charge in [-0.05, 0) is 72.8 Å². The number of ether oxygens (including phenoxy) is 1. The van der Waals surface area contributed by atoms with E-state index in [0.29, 0.717) is 11.3 Å². The van der Waals surface area contributed by atoms with Crippen LogP contribution in [0.15, 0.2) is 109 Å². The number of para-hydroxylation sites is 1. The lowest BCUT2D eigenvalue weighted by atomic mass is 10.1. The van der Waals surface area contributed by atoms with Crippen molar-refractivity contribution >= 4 is 45.2 Å². The van der Waals surface area contributed by atoms with Gasteiger partial charge in [0.2, 0.25) is 0 Å². The molecule has 5 rings (SSSR count). The van der Waals surface area contributed by atoms with Crippen LogP contribution in [0.2, 0.25) is 0 Å². The Morgan fingerprint density at radius 3 is 2.29 bits per heavy atom. The van der Waals surface area contributed by atoms with Crippen molar-refractivity contribution in [3.8, 4) is 5.75 Å². The lowest BCUT2D eigenvalue weighted by molar-refractivity contribution is 0.102. The fraction of sp³-hybridized carbons (Fsp3) is 0.0345. The molecule has 0 spiro atoms. The van der Waals surface area contributed by atoms with Crippen molar-refractivity contribution < 1.29 is 9.53 Å². The van der Waals surface area contributed by atoms with Crippen LogP contribution in [0.1, 0.15) is 10.4 Å². The number of pyridine rings is 1. The summed E-state index contributed by atoms with van der Waals surface area (Å²) in [4.78, 5) is 17.4. The van der Waals surface area contributed by atoms with E-state index >= 15 is 0 Å². The average molecular weight is 461 g/mol. The van der Waals surface area contributed by atoms with Gasteiger partial charge in [0.1, 0.15) is 5.75 Å². The van der Waals surface area contributed by atoms with Crippen molar-refractivity contribution in [1.29, 1.82) is 0 Å². The van der Waals surface area contributed by atoms with E-state index in [-0.39, 0.29) is 5.91 Å². The molecule has 1 amide bonds. The third-order valence-corrected chi connectivity index (χ3v) is 5.54. The zero-order valence-corrected chi connectivity index (χ0v) is 19.2. The number of anilines is 5. The van der Waals surface area contributed by atoms with Gasteiger partial charge in [-0.3, -0.25) is 9.78 Å². The van der Waals surface area contributed by atoms with Crippen LogP contribution < -0.4 is 20.7 Å². The first-order valence-corrected chi connectivity index (χ1v) is 11.2. The first-order valence-electron chi connectivity index (χ1n) is 11.2. The SMILES string of the molecule is COc1ccc2nccc(Nc3cccc(NC(=O)c4cccc(Nc5ccccc5)c4)c3)c2c1. The molecule has 0 aliphatic heterocycles. The number of nitrogens with one attached hydrogen (secondary N) is 3. The molecular weight excluding hydrogens is 436 g/mol. The van der Waals surface area contributed by atoms with Crippen LogP contribution in [0.25, 0.3) is 10.9 Å². The Hall–Kier alpha value is -4.84. The summed E-state index contributed by atoms with van der Waals surface area (Å²) >= 11 is 0. The van der Waals surface area contributed by atoms with Crippen LogP contribution in [-0.4, -0.2) is 18.0 Å². The van der Waals surface area contributed by atoms with E-state index in [1.165, 1.54) is 0 Å². The number of methoxy groups -OCH3 is 1. The molecule has 0 unspecified atom stereocenters. The number of hydrogen-bond donors (Lipinski definition) is 3. The second-order valence-corrected chi connectivity index (χ2v) is 7.97. The lowest BCUT2D eigenvalue weighted by Gasteiger charge is -2.13. The first-order chi connectivity index (χ1) is 17.2. The van der Waals surface area contributed by atoms with Crippen molar-refractivity contribution in [1.82, 2.24) is 4.98 Å². The molecule has 0 radical (unpaired) electrons. The zero-order chi connectivity index (χ0) is 24.0. The molecule has 1 heterocycles. The predicted molar refractivity (Wildman–Crippen MR) is 142 cm³/mol. The van der Waals surface area contributed by atoms with E-state index in [4.69, 9.17) is 4.74 Å². The quantitative estimate of drug-likeness (QED) is 0.244. The van der Waals surface area contributed by atoms with Crippen molar-refractivity contribution in [3.63, 3.8) is 0 Å². The van der Waals surface area contributed by atoms with Gasteiger partial charge in [0.25, 0.3) is 5.91 Å². The molecule has 0 saturated carbocycles. The van der Waals surface area contributed by atoms with Gasteiger partial charge in [0.05, 0.1) is 12.6 Å². The Kier molecular flexibility index (Phi) is 6.26. The van der Waals surface area contributed by atoms with Crippen molar-refractivity contribution in [3.05, 3.63) is 115 Å². The number of rotatable bonds is 7. The van der Waals surface area contributed by atoms with Gasteiger partial charge in [0, 0.05) is 45.6 Å². The minimum Gasteiger partial charge on any atom is -0.497 e. The summed E-state index contributed by atoms with van der Waals surface area (Å²) in [6, 6.07) is 32.6. The summed E-state index contributed by atoms with van der Waals surface area (Å²) in [6.07, 6.45) is 1.76. The molecule has 0 bridgehead atoms. The Morgan fingerprint density at radius 1 is 0.714 bits per heavy atom. The maximum atomic E-state index is 13.0. The number of carbonyl (C=O) groups is 1. The second kappa shape index (κ2) is 9.97. The second-order valence-electron chi connectivity index (χ2n) is 7.97. The number of carbonyl (C=O) groups excluding carboxylic acids is 1. The summed E-state index contributed by atoms with van der Waals surface area (Å²) in [5.41, 5.74) is 5.68. The number of nitrogens with zero attached hydrogens (tertiary/aromatic N) is 1. The fourth-order valence-electron chi connectivity index (χ4n) is 3.82. The topological polar surface area (TPSA) is 75.3 Å². The summed E-state index contributed by atoms with van der Waals surface area (Å²) in [5, 5.41) is 10.7. The number of hydrogen-bond acceptors (Lipinski definition) is 5. The van der Waals surface area contributed by atoms with Crippen LogP contribution in [0.5, 0.6) is 5.75 Å². The van der Waals surface area contributed by atoms with Crippen LogP contribution in [0.3, 0.4) is 0 Å². The first kappa shape index (κ1) is 22.0. The van der Waals surface area contributed by atoms with Gasteiger partial charge in [-0.1, -0.05) is 30.3 Å². The highest BCUT2D eigenvalue weighted by Gasteiger charge is 2.09. The van der Waals surface area contributed by atoms with Gasteiger partial charge < -0.3 is 20.7 Å². The molecule has 6 heteroatoms. The standard InChI is InChI=1S/C29H24N4O2/c1-35-25-13-14-27-26(19-25)28(15-16-30-27)32-23-11-6-12-24(18-23)33-29(34)20-7-5-10-22(17-20)31-21-8-3-2-4-9-21/h2-19,31H,1H3,(H,30,32)(H,33,34). The normalized spacial score (nSPS) is 10.5. The summed E-state index contributed by atoms with van der Waals surface area (Å²) in [7, 11) is 1.64. The van der Waals surface area contributed by atoms with Gasteiger partial charge in [-0.15, -0.1) is 0 Å². The number of benzene rings is 4. The monoisotopic (exact) mass is 460 g/mol. The van der Waals surface area contributed by atoms with Crippen molar-refractivity contribution in [2.45, 2.75) is 0 Å². The number of fused-ring (bicyclic) bond motifs is 1. The Labute approximate surface area is 203 Å². The zero-order valence-electron chi connectivity index (χ0n) is 19.2. The van der Waals surface area contributed by atoms with Crippen molar-refractivity contribution in [2.75, 3.05) is 23.1 Å². The largest absolute Gasteiger partial charge is 0.497 e. The highest BCUT2D eigenvalue weighted by molar-refractivity contribution is 6.05. The van der Waals surface area contributed by atoms with E-state index in [9.17, 15) is 4.79 Å². The Bertz CT molecular complexity index is 1490. The molecular formula is C29H24N4O2. The molecule has 5 aromatic rings. The maximum absolute atomic E-state index is 13.0. The third-order valence-electron chi connectivity index (χ3n) is 5.54. The fourth-order valence-corrected chi connectivity index (χ4v) is 3.82. The van der Waals surface area contributed by atoms with Crippen LogP contribution in [0.4, 0.5) is 28.4 Å². The molecule has 6 nitrogen and oxygen atoms in total. The molecule has 0 saturated heterocycles. The molecule has 0 aliphatic rings. The van der Waals surface area contributed by atoms with Crippen LogP contribution in [-0.2, 0) is 0 Å². The Morgan fingerprint density at radius 2 is 1.46 bits per heavy atom. The molecule has 0 aliphatic carbocycles. The van der Waals surface area contributed by atoms with E-state index in [1.54, 1.807) is 19.4 Å². The highest BCUT2D eigenvalue weighted by Crippen LogP contribution is 2.29. The molecule has 172 valence electrons. The smallest absolute Gasteiger partial charge is 0.255 e. The van der Waals surface area contributed by atoms with Gasteiger partial charge in [0.15, 0.2) is 0 Å². The summed E-state index contributed by atoms with van der Waals surface area (Å²) in [5.74, 6) is 0.580.